The smallest absolute Gasteiger partial charge is 0.126 e. The van der Waals surface area contributed by atoms with Crippen LogP contribution in [0.4, 0.5) is 4.39 Å². The number of halogens is 1. The molecule has 0 aromatic heterocycles. The second kappa shape index (κ2) is 6.26. The minimum absolute atomic E-state index is 0.112. The lowest BCUT2D eigenvalue weighted by Gasteiger charge is -2.13. The molecule has 90 valence electrons. The SMILES string of the molecule is CCCCSc1cc(C)c(F)cc1[C@H](C)N. The molecule has 0 heterocycles. The summed E-state index contributed by atoms with van der Waals surface area (Å²) in [6.07, 6.45) is 2.36. The molecule has 1 atom stereocenters. The molecule has 0 aliphatic heterocycles. The van der Waals surface area contributed by atoms with Crippen LogP contribution in [0.3, 0.4) is 0 Å². The van der Waals surface area contributed by atoms with Crippen molar-refractivity contribution in [1.29, 1.82) is 0 Å². The van der Waals surface area contributed by atoms with Gasteiger partial charge in [-0.3, -0.25) is 0 Å². The van der Waals surface area contributed by atoms with E-state index in [1.54, 1.807) is 24.8 Å². The predicted molar refractivity (Wildman–Crippen MR) is 69.4 cm³/mol. The minimum atomic E-state index is -0.160. The molecule has 1 aromatic carbocycles. The van der Waals surface area contributed by atoms with Crippen LogP contribution >= 0.6 is 11.8 Å². The van der Waals surface area contributed by atoms with Gasteiger partial charge in [0.15, 0.2) is 0 Å². The zero-order chi connectivity index (χ0) is 12.1. The van der Waals surface area contributed by atoms with Gasteiger partial charge in [-0.05, 0) is 49.3 Å². The van der Waals surface area contributed by atoms with Gasteiger partial charge in [-0.15, -0.1) is 11.8 Å². The third-order valence-electron chi connectivity index (χ3n) is 2.54. The molecule has 1 nitrogen and oxygen atoms in total. The van der Waals surface area contributed by atoms with E-state index < -0.39 is 0 Å². The lowest BCUT2D eigenvalue weighted by molar-refractivity contribution is 0.610. The lowest BCUT2D eigenvalue weighted by Crippen LogP contribution is -2.07. The van der Waals surface area contributed by atoms with Crippen LogP contribution in [0.15, 0.2) is 17.0 Å². The summed E-state index contributed by atoms with van der Waals surface area (Å²) >= 11 is 1.78. The molecule has 2 N–H and O–H groups in total. The van der Waals surface area contributed by atoms with E-state index in [-0.39, 0.29) is 11.9 Å². The molecule has 0 aliphatic rings. The van der Waals surface area contributed by atoms with E-state index in [4.69, 9.17) is 5.73 Å². The summed E-state index contributed by atoms with van der Waals surface area (Å²) in [7, 11) is 0. The van der Waals surface area contributed by atoms with Crippen molar-refractivity contribution >= 4 is 11.8 Å². The maximum Gasteiger partial charge on any atom is 0.126 e. The van der Waals surface area contributed by atoms with E-state index in [2.05, 4.69) is 6.92 Å². The number of benzene rings is 1. The number of hydrogen-bond acceptors (Lipinski definition) is 2. The maximum absolute atomic E-state index is 13.4. The molecule has 0 aliphatic carbocycles. The van der Waals surface area contributed by atoms with Crippen LogP contribution in [0, 0.1) is 12.7 Å². The van der Waals surface area contributed by atoms with Gasteiger partial charge < -0.3 is 5.73 Å². The normalized spacial score (nSPS) is 12.8. The summed E-state index contributed by atoms with van der Waals surface area (Å²) in [4.78, 5) is 1.13. The fraction of sp³-hybridized carbons (Fsp3) is 0.538. The van der Waals surface area contributed by atoms with Gasteiger partial charge >= 0.3 is 0 Å². The maximum atomic E-state index is 13.4. The molecular formula is C13H20FNS. The molecule has 0 saturated heterocycles. The summed E-state index contributed by atoms with van der Waals surface area (Å²) < 4.78 is 13.4. The first-order chi connectivity index (χ1) is 7.56. The van der Waals surface area contributed by atoms with Gasteiger partial charge in [-0.2, -0.15) is 0 Å². The van der Waals surface area contributed by atoms with Crippen molar-refractivity contribution in [3.63, 3.8) is 0 Å². The van der Waals surface area contributed by atoms with Crippen LogP contribution in [-0.2, 0) is 0 Å². The highest BCUT2D eigenvalue weighted by molar-refractivity contribution is 7.99. The molecular weight excluding hydrogens is 221 g/mol. The molecule has 0 amide bonds. The van der Waals surface area contributed by atoms with Gasteiger partial charge in [0.1, 0.15) is 5.82 Å². The Morgan fingerprint density at radius 2 is 2.12 bits per heavy atom. The highest BCUT2D eigenvalue weighted by atomic mass is 32.2. The van der Waals surface area contributed by atoms with Crippen LogP contribution in [0.2, 0.25) is 0 Å². The highest BCUT2D eigenvalue weighted by Crippen LogP contribution is 2.29. The summed E-state index contributed by atoms with van der Waals surface area (Å²) in [6, 6.07) is 3.38. The van der Waals surface area contributed by atoms with Gasteiger partial charge in [0.25, 0.3) is 0 Å². The Kier molecular flexibility index (Phi) is 5.29. The second-order valence-corrected chi connectivity index (χ2v) is 5.27. The first kappa shape index (κ1) is 13.5. The molecule has 1 rings (SSSR count). The van der Waals surface area contributed by atoms with Crippen molar-refractivity contribution in [3.8, 4) is 0 Å². The van der Waals surface area contributed by atoms with Gasteiger partial charge in [0.2, 0.25) is 0 Å². The van der Waals surface area contributed by atoms with Gasteiger partial charge in [-0.1, -0.05) is 13.3 Å². The Hall–Kier alpha value is -0.540. The van der Waals surface area contributed by atoms with Crippen molar-refractivity contribution < 1.29 is 4.39 Å². The number of unbranched alkanes of at least 4 members (excludes halogenated alkanes) is 1. The molecule has 0 unspecified atom stereocenters. The molecule has 16 heavy (non-hydrogen) atoms. The van der Waals surface area contributed by atoms with Crippen molar-refractivity contribution in [2.75, 3.05) is 5.75 Å². The van der Waals surface area contributed by atoms with Crippen molar-refractivity contribution in [2.24, 2.45) is 5.73 Å². The first-order valence-corrected chi connectivity index (χ1v) is 6.73. The van der Waals surface area contributed by atoms with Crippen LogP contribution in [0.5, 0.6) is 0 Å². The molecule has 0 spiro atoms. The van der Waals surface area contributed by atoms with E-state index in [1.165, 1.54) is 12.8 Å². The van der Waals surface area contributed by atoms with Crippen molar-refractivity contribution in [2.45, 2.75) is 44.6 Å². The summed E-state index contributed by atoms with van der Waals surface area (Å²) in [5, 5.41) is 0. The largest absolute Gasteiger partial charge is 0.324 e. The number of aryl methyl sites for hydroxylation is 1. The molecule has 0 bridgehead atoms. The standard InChI is InChI=1S/C13H20FNS/c1-4-5-6-16-13-7-9(2)12(14)8-11(13)10(3)15/h7-8,10H,4-6,15H2,1-3H3/t10-/m0/s1. The average Bonchev–Trinajstić information content (AvgIpc) is 2.23. The second-order valence-electron chi connectivity index (χ2n) is 4.13. The Balaban J connectivity index is 2.91. The third kappa shape index (κ3) is 3.49. The first-order valence-electron chi connectivity index (χ1n) is 5.74. The summed E-state index contributed by atoms with van der Waals surface area (Å²) in [6.45, 7) is 5.86. The highest BCUT2D eigenvalue weighted by Gasteiger charge is 2.10. The fourth-order valence-corrected chi connectivity index (χ4v) is 2.80. The van der Waals surface area contributed by atoms with Gasteiger partial charge in [-0.25, -0.2) is 4.39 Å². The van der Waals surface area contributed by atoms with E-state index in [9.17, 15) is 4.39 Å². The van der Waals surface area contributed by atoms with Crippen LogP contribution in [-0.4, -0.2) is 5.75 Å². The van der Waals surface area contributed by atoms with E-state index >= 15 is 0 Å². The molecule has 0 saturated carbocycles. The van der Waals surface area contributed by atoms with Crippen LogP contribution in [0.1, 0.15) is 43.9 Å². The topological polar surface area (TPSA) is 26.0 Å². The number of hydrogen-bond donors (Lipinski definition) is 1. The third-order valence-corrected chi connectivity index (χ3v) is 3.69. The van der Waals surface area contributed by atoms with E-state index in [0.29, 0.717) is 5.56 Å². The lowest BCUT2D eigenvalue weighted by atomic mass is 10.1. The zero-order valence-electron chi connectivity index (χ0n) is 10.2. The Morgan fingerprint density at radius 3 is 2.69 bits per heavy atom. The molecule has 0 fully saturated rings. The predicted octanol–water partition coefficient (Wildman–Crippen LogP) is 4.05. The number of nitrogens with two attached hydrogens (primary N) is 1. The van der Waals surface area contributed by atoms with Gasteiger partial charge in [0, 0.05) is 10.9 Å². The minimum Gasteiger partial charge on any atom is -0.324 e. The van der Waals surface area contributed by atoms with E-state index in [0.717, 1.165) is 16.2 Å². The van der Waals surface area contributed by atoms with Crippen molar-refractivity contribution in [3.05, 3.63) is 29.1 Å². The number of rotatable bonds is 5. The molecule has 1 aromatic rings. The Bertz CT molecular complexity index is 350. The molecule has 3 heteroatoms. The number of thioether (sulfide) groups is 1. The zero-order valence-corrected chi connectivity index (χ0v) is 11.0. The monoisotopic (exact) mass is 241 g/mol. The van der Waals surface area contributed by atoms with Crippen molar-refractivity contribution in [1.82, 2.24) is 0 Å². The Labute approximate surface area is 102 Å². The van der Waals surface area contributed by atoms with E-state index in [1.807, 2.05) is 13.0 Å². The quantitative estimate of drug-likeness (QED) is 0.622. The molecule has 0 radical (unpaired) electrons. The fourth-order valence-electron chi connectivity index (χ4n) is 1.48. The average molecular weight is 241 g/mol. The van der Waals surface area contributed by atoms with Crippen LogP contribution in [0.25, 0.3) is 0 Å². The van der Waals surface area contributed by atoms with Crippen LogP contribution < -0.4 is 5.73 Å². The summed E-state index contributed by atoms with van der Waals surface area (Å²) in [5.41, 5.74) is 7.48. The Morgan fingerprint density at radius 1 is 1.44 bits per heavy atom. The van der Waals surface area contributed by atoms with Gasteiger partial charge in [0.05, 0.1) is 0 Å². The summed E-state index contributed by atoms with van der Waals surface area (Å²) in [5.74, 6) is 0.911.